The van der Waals surface area contributed by atoms with Crippen LogP contribution in [0, 0.1) is 24.5 Å². The van der Waals surface area contributed by atoms with Crippen LogP contribution in [0.15, 0.2) is 35.1 Å². The Kier molecular flexibility index (Phi) is 14.4. The predicted octanol–water partition coefficient (Wildman–Crippen LogP) is 1.37. The van der Waals surface area contributed by atoms with Crippen LogP contribution in [-0.2, 0) is 0 Å². The summed E-state index contributed by atoms with van der Waals surface area (Å²) >= 11 is 0.876. The molecule has 0 atom stereocenters. The molecule has 0 aliphatic heterocycles. The lowest BCUT2D eigenvalue weighted by molar-refractivity contribution is 0.112. The molecule has 0 saturated carbocycles. The second-order valence-corrected chi connectivity index (χ2v) is 6.94. The Hall–Kier alpha value is -3.53. The molecule has 0 amide bonds. The van der Waals surface area contributed by atoms with Crippen molar-refractivity contribution in [3.8, 4) is 23.4 Å². The minimum Gasteiger partial charge on any atom is -0.403 e. The third-order valence-electron chi connectivity index (χ3n) is 3.90. The largest absolute Gasteiger partial charge is 0.403 e. The molecule has 1 heterocycles. The molecule has 0 aliphatic rings. The van der Waals surface area contributed by atoms with Gasteiger partial charge in [0.05, 0.1) is 11.3 Å². The number of nitrogens with zero attached hydrogens (tertiary/aromatic N) is 3. The normalized spacial score (nSPS) is 11.0. The average Bonchev–Trinajstić information content (AvgIpc) is 3.20. The number of aldehydes is 1. The maximum absolute atomic E-state index is 13.4. The van der Waals surface area contributed by atoms with Gasteiger partial charge in [-0.15, -0.1) is 12.8 Å². The second kappa shape index (κ2) is 16.2. The summed E-state index contributed by atoms with van der Waals surface area (Å²) in [4.78, 5) is 19.9. The van der Waals surface area contributed by atoms with Crippen LogP contribution in [0.5, 0.6) is 0 Å². The van der Waals surface area contributed by atoms with Gasteiger partial charge in [0.1, 0.15) is 39.9 Å². The molecule has 0 bridgehead atoms. The molecule has 8 N–H and O–H groups in total. The van der Waals surface area contributed by atoms with Crippen molar-refractivity contribution in [3.63, 3.8) is 0 Å². The number of aliphatic hydroxyl groups excluding tert-OH is 1. The van der Waals surface area contributed by atoms with Crippen LogP contribution >= 0.6 is 11.3 Å². The summed E-state index contributed by atoms with van der Waals surface area (Å²) in [5, 5.41) is 12.5. The number of terminal acetylenes is 1. The third-order valence-corrected chi connectivity index (χ3v) is 4.82. The number of thiazole rings is 1. The number of hydrogen-bond donors (Lipinski definition) is 5. The van der Waals surface area contributed by atoms with Gasteiger partial charge in [0.2, 0.25) is 0 Å². The summed E-state index contributed by atoms with van der Waals surface area (Å²) in [7, 11) is 1.61. The van der Waals surface area contributed by atoms with Crippen LogP contribution in [0.4, 0.5) is 13.8 Å². The number of nitrogen functional groups attached to an aromatic ring is 1. The van der Waals surface area contributed by atoms with Crippen molar-refractivity contribution >= 4 is 28.5 Å². The van der Waals surface area contributed by atoms with Gasteiger partial charge in [0.25, 0.3) is 0 Å². The Morgan fingerprint density at radius 2 is 1.97 bits per heavy atom. The van der Waals surface area contributed by atoms with Crippen LogP contribution in [0.3, 0.4) is 0 Å². The molecule has 0 fully saturated rings. The van der Waals surface area contributed by atoms with E-state index in [9.17, 15) is 13.6 Å². The van der Waals surface area contributed by atoms with Gasteiger partial charge in [-0.2, -0.15) is 0 Å². The van der Waals surface area contributed by atoms with Crippen molar-refractivity contribution in [3.05, 3.63) is 47.4 Å². The van der Waals surface area contributed by atoms with Crippen LogP contribution in [-0.4, -0.2) is 60.5 Å². The molecule has 2 rings (SSSR count). The number of anilines is 1. The highest BCUT2D eigenvalue weighted by atomic mass is 32.1. The van der Waals surface area contributed by atoms with E-state index in [-0.39, 0.29) is 28.0 Å². The topological polar surface area (TPSA) is 156 Å². The smallest absolute Gasteiger partial charge is 0.171 e. The summed E-state index contributed by atoms with van der Waals surface area (Å²) < 4.78 is 26.8. The number of nitrogens with one attached hydrogen (secondary N) is 1. The van der Waals surface area contributed by atoms with Crippen LogP contribution in [0.25, 0.3) is 10.6 Å². The number of carbonyl (C=O) groups excluding carboxylic acids is 1. The van der Waals surface area contributed by atoms with Crippen molar-refractivity contribution in [2.45, 2.75) is 6.92 Å². The summed E-state index contributed by atoms with van der Waals surface area (Å²) in [6.07, 6.45) is 9.73. The van der Waals surface area contributed by atoms with Crippen molar-refractivity contribution < 1.29 is 18.7 Å². The summed E-state index contributed by atoms with van der Waals surface area (Å²) in [5.74, 6) is -0.949. The molecule has 1 aromatic carbocycles. The maximum Gasteiger partial charge on any atom is 0.171 e. The number of nitrogens with two attached hydrogens (primary N) is 3. The minimum absolute atomic E-state index is 0.00246. The Morgan fingerprint density at radius 1 is 1.36 bits per heavy atom. The van der Waals surface area contributed by atoms with Gasteiger partial charge in [-0.25, -0.2) is 13.8 Å². The first-order valence-corrected chi connectivity index (χ1v) is 10.4. The van der Waals surface area contributed by atoms with E-state index in [0.717, 1.165) is 36.6 Å². The molecule has 1 aromatic heterocycles. The zero-order chi connectivity index (χ0) is 25.4. The van der Waals surface area contributed by atoms with Crippen LogP contribution in [0.1, 0.15) is 17.4 Å². The molecule has 2 aromatic rings. The number of aromatic nitrogens is 1. The number of aliphatic hydroxyl groups is 1. The van der Waals surface area contributed by atoms with E-state index in [1.807, 2.05) is 6.92 Å². The van der Waals surface area contributed by atoms with Gasteiger partial charge in [-0.3, -0.25) is 9.79 Å². The number of amidine groups is 1. The van der Waals surface area contributed by atoms with Gasteiger partial charge < -0.3 is 32.5 Å². The summed E-state index contributed by atoms with van der Waals surface area (Å²) in [5.41, 5.74) is 16.5. The van der Waals surface area contributed by atoms with E-state index in [4.69, 9.17) is 22.3 Å². The number of halogens is 2. The number of aliphatic imine (C=N–C) groups is 1. The van der Waals surface area contributed by atoms with Crippen molar-refractivity contribution in [1.82, 2.24) is 15.2 Å². The van der Waals surface area contributed by atoms with Crippen molar-refractivity contribution in [1.29, 1.82) is 0 Å². The summed E-state index contributed by atoms with van der Waals surface area (Å²) in [6.45, 7) is 4.17. The molecule has 0 saturated heterocycles. The standard InChI is InChI=1S/C10H6F2N2OS.C9H21N5O.C2H2/c11-5-2-1-3-6(12)8(5)10-14-7(4-15)9(13)16-10;1-3-13-4-5-14(7-15)9(12-2)8(11)6-10;1-2/h1-4H,13H2;6,13,15H,3-5,7,10-11H2,1-2H3;1-2H/b;8-6+,12-9?;. The lowest BCUT2D eigenvalue weighted by Crippen LogP contribution is -2.40. The molecular weight excluding hydrogens is 452 g/mol. The molecule has 12 heteroatoms. The number of hydrogen-bond acceptors (Lipinski definition) is 9. The first-order chi connectivity index (χ1) is 15.8. The lowest BCUT2D eigenvalue weighted by Gasteiger charge is -2.23. The number of rotatable bonds is 8. The first-order valence-electron chi connectivity index (χ1n) is 9.54. The van der Waals surface area contributed by atoms with Crippen LogP contribution < -0.4 is 22.5 Å². The second-order valence-electron chi connectivity index (χ2n) is 5.91. The lowest BCUT2D eigenvalue weighted by atomic mass is 10.2. The highest BCUT2D eigenvalue weighted by Gasteiger charge is 2.17. The van der Waals surface area contributed by atoms with Crippen molar-refractivity contribution in [2.75, 3.05) is 39.1 Å². The number of benzene rings is 1. The monoisotopic (exact) mass is 481 g/mol. The SMILES string of the molecule is C#C.CCNCCN(CO)C(=NC)/C(N)=C\N.Nc1sc(-c2c(F)cccc2F)nc1C=O. The average molecular weight is 482 g/mol. The van der Waals surface area contributed by atoms with E-state index in [2.05, 4.69) is 28.1 Å². The Labute approximate surface area is 196 Å². The fraction of sp³-hybridized carbons (Fsp3) is 0.286. The summed E-state index contributed by atoms with van der Waals surface area (Å²) in [6, 6.07) is 3.50. The van der Waals surface area contributed by atoms with E-state index in [0.29, 0.717) is 24.4 Å². The molecular formula is C21H29F2N7O2S. The van der Waals surface area contributed by atoms with E-state index in [1.165, 1.54) is 12.3 Å². The Morgan fingerprint density at radius 3 is 2.39 bits per heavy atom. The molecule has 0 unspecified atom stereocenters. The fourth-order valence-corrected chi connectivity index (χ4v) is 3.25. The van der Waals surface area contributed by atoms with Gasteiger partial charge in [-0.1, -0.05) is 24.3 Å². The zero-order valence-electron chi connectivity index (χ0n) is 18.5. The molecule has 9 nitrogen and oxygen atoms in total. The molecule has 33 heavy (non-hydrogen) atoms. The van der Waals surface area contributed by atoms with Gasteiger partial charge in [0.15, 0.2) is 6.29 Å². The van der Waals surface area contributed by atoms with E-state index >= 15 is 0 Å². The molecule has 0 aliphatic carbocycles. The molecule has 0 radical (unpaired) electrons. The molecule has 0 spiro atoms. The highest BCUT2D eigenvalue weighted by Crippen LogP contribution is 2.32. The van der Waals surface area contributed by atoms with Crippen LogP contribution in [0.2, 0.25) is 0 Å². The number of likely N-dealkylation sites (N-methyl/N-ethyl adjacent to an activating group) is 1. The number of carbonyl (C=O) groups is 1. The third kappa shape index (κ3) is 8.85. The first kappa shape index (κ1) is 29.5. The highest BCUT2D eigenvalue weighted by molar-refractivity contribution is 7.19. The quantitative estimate of drug-likeness (QED) is 0.0945. The minimum atomic E-state index is -0.730. The van der Waals surface area contributed by atoms with E-state index in [1.54, 1.807) is 11.9 Å². The maximum atomic E-state index is 13.4. The van der Waals surface area contributed by atoms with Gasteiger partial charge in [-0.05, 0) is 18.7 Å². The van der Waals surface area contributed by atoms with Crippen molar-refractivity contribution in [2.24, 2.45) is 16.5 Å². The Balaban J connectivity index is 0.000000579. The van der Waals surface area contributed by atoms with E-state index < -0.39 is 11.6 Å². The fourth-order valence-electron chi connectivity index (χ4n) is 2.40. The Bertz CT molecular complexity index is 941. The van der Waals surface area contributed by atoms with Gasteiger partial charge >= 0.3 is 0 Å². The van der Waals surface area contributed by atoms with Gasteiger partial charge in [0, 0.05) is 26.3 Å². The molecule has 180 valence electrons. The zero-order valence-corrected chi connectivity index (χ0v) is 19.3. The predicted molar refractivity (Wildman–Crippen MR) is 129 cm³/mol.